The van der Waals surface area contributed by atoms with Crippen molar-refractivity contribution in [1.82, 2.24) is 16.0 Å². The number of phenolic OH excluding ortho intramolecular Hbond substituents is 1. The van der Waals surface area contributed by atoms with Crippen LogP contribution < -0.4 is 16.0 Å². The molecule has 4 N–H and O–H groups in total. The molecule has 0 unspecified atom stereocenters. The third-order valence-electron chi connectivity index (χ3n) is 3.80. The first-order chi connectivity index (χ1) is 13.1. The average molecular weight is 500 g/mol. The van der Waals surface area contributed by atoms with Gasteiger partial charge in [-0.25, -0.2) is 4.39 Å². The second kappa shape index (κ2) is 12.9. The zero-order chi connectivity index (χ0) is 19.5. The molecule has 0 aliphatic carbocycles. The Labute approximate surface area is 181 Å². The first-order valence-corrected chi connectivity index (χ1v) is 8.93. The third kappa shape index (κ3) is 7.71. The SMILES string of the molecule is CCNC(=NCCc1ccccc1F)NCCNC(=O)c1ccccc1O.I. The summed E-state index contributed by atoms with van der Waals surface area (Å²) in [5.74, 6) is -0.00872. The molecule has 1 amide bonds. The number of aromatic hydroxyl groups is 1. The molecule has 0 aliphatic heterocycles. The maximum absolute atomic E-state index is 13.6. The lowest BCUT2D eigenvalue weighted by Gasteiger charge is -2.12. The quantitative estimate of drug-likeness (QED) is 0.194. The number of aliphatic imine (C=N–C) groups is 1. The fourth-order valence-corrected chi connectivity index (χ4v) is 2.45. The van der Waals surface area contributed by atoms with Crippen molar-refractivity contribution in [3.63, 3.8) is 0 Å². The molecule has 8 heteroatoms. The minimum atomic E-state index is -0.337. The van der Waals surface area contributed by atoms with Crippen molar-refractivity contribution in [2.24, 2.45) is 4.99 Å². The van der Waals surface area contributed by atoms with Gasteiger partial charge in [0.05, 0.1) is 5.56 Å². The zero-order valence-electron chi connectivity index (χ0n) is 15.7. The largest absolute Gasteiger partial charge is 0.507 e. The van der Waals surface area contributed by atoms with Gasteiger partial charge in [0, 0.05) is 26.2 Å². The lowest BCUT2D eigenvalue weighted by Crippen LogP contribution is -2.41. The van der Waals surface area contributed by atoms with Crippen LogP contribution in [0.4, 0.5) is 4.39 Å². The molecule has 28 heavy (non-hydrogen) atoms. The highest BCUT2D eigenvalue weighted by molar-refractivity contribution is 14.0. The number of hydrogen-bond donors (Lipinski definition) is 4. The van der Waals surface area contributed by atoms with Crippen molar-refractivity contribution >= 4 is 35.8 Å². The molecule has 152 valence electrons. The molecule has 0 aliphatic rings. The van der Waals surface area contributed by atoms with Crippen molar-refractivity contribution in [1.29, 1.82) is 0 Å². The Kier molecular flexibility index (Phi) is 10.9. The molecule has 2 rings (SSSR count). The summed E-state index contributed by atoms with van der Waals surface area (Å²) >= 11 is 0. The Hall–Kier alpha value is -2.36. The molecule has 0 heterocycles. The third-order valence-corrected chi connectivity index (χ3v) is 3.80. The maximum Gasteiger partial charge on any atom is 0.255 e. The molecular formula is C20H26FIN4O2. The molecule has 0 radical (unpaired) electrons. The number of carbonyl (C=O) groups is 1. The number of amides is 1. The fraction of sp³-hybridized carbons (Fsp3) is 0.300. The highest BCUT2D eigenvalue weighted by Gasteiger charge is 2.09. The van der Waals surface area contributed by atoms with E-state index in [1.165, 1.54) is 12.1 Å². The number of benzene rings is 2. The van der Waals surface area contributed by atoms with Gasteiger partial charge in [-0.05, 0) is 37.1 Å². The van der Waals surface area contributed by atoms with Crippen molar-refractivity contribution in [3.8, 4) is 5.75 Å². The number of carbonyl (C=O) groups excluding carboxylic acids is 1. The van der Waals surface area contributed by atoms with Crippen molar-refractivity contribution < 1.29 is 14.3 Å². The van der Waals surface area contributed by atoms with E-state index in [9.17, 15) is 14.3 Å². The molecular weight excluding hydrogens is 474 g/mol. The normalized spacial score (nSPS) is 10.7. The van der Waals surface area contributed by atoms with E-state index in [1.807, 2.05) is 6.92 Å². The topological polar surface area (TPSA) is 85.8 Å². The number of phenols is 1. The number of hydrogen-bond acceptors (Lipinski definition) is 3. The number of rotatable bonds is 8. The fourth-order valence-electron chi connectivity index (χ4n) is 2.45. The van der Waals surface area contributed by atoms with Crippen LogP contribution in [0.3, 0.4) is 0 Å². The van der Waals surface area contributed by atoms with E-state index >= 15 is 0 Å². The Morgan fingerprint density at radius 1 is 1.04 bits per heavy atom. The van der Waals surface area contributed by atoms with E-state index in [2.05, 4.69) is 20.9 Å². The van der Waals surface area contributed by atoms with Crippen LogP contribution in [0.2, 0.25) is 0 Å². The van der Waals surface area contributed by atoms with Crippen LogP contribution in [0.15, 0.2) is 53.5 Å². The molecule has 2 aromatic rings. The predicted molar refractivity (Wildman–Crippen MR) is 120 cm³/mol. The van der Waals surface area contributed by atoms with Gasteiger partial charge in [-0.15, -0.1) is 24.0 Å². The van der Waals surface area contributed by atoms with Crippen LogP contribution in [-0.2, 0) is 6.42 Å². The number of nitrogens with zero attached hydrogens (tertiary/aromatic N) is 1. The zero-order valence-corrected chi connectivity index (χ0v) is 18.1. The highest BCUT2D eigenvalue weighted by atomic mass is 127. The van der Waals surface area contributed by atoms with Gasteiger partial charge in [0.2, 0.25) is 0 Å². The molecule has 0 atom stereocenters. The van der Waals surface area contributed by atoms with Crippen molar-refractivity contribution in [2.75, 3.05) is 26.2 Å². The van der Waals surface area contributed by atoms with Gasteiger partial charge in [-0.1, -0.05) is 30.3 Å². The first-order valence-electron chi connectivity index (χ1n) is 8.93. The van der Waals surface area contributed by atoms with Gasteiger partial charge < -0.3 is 21.1 Å². The number of para-hydroxylation sites is 1. The van der Waals surface area contributed by atoms with Gasteiger partial charge in [0.15, 0.2) is 5.96 Å². The van der Waals surface area contributed by atoms with E-state index in [0.717, 1.165) is 0 Å². The van der Waals surface area contributed by atoms with Gasteiger partial charge in [-0.2, -0.15) is 0 Å². The summed E-state index contributed by atoms with van der Waals surface area (Å²) in [5, 5.41) is 18.6. The van der Waals surface area contributed by atoms with Crippen LogP contribution in [0.1, 0.15) is 22.8 Å². The summed E-state index contributed by atoms with van der Waals surface area (Å²) in [4.78, 5) is 16.4. The summed E-state index contributed by atoms with van der Waals surface area (Å²) in [5.41, 5.74) is 0.870. The van der Waals surface area contributed by atoms with Crippen LogP contribution in [-0.4, -0.2) is 43.2 Å². The maximum atomic E-state index is 13.6. The average Bonchev–Trinajstić information content (AvgIpc) is 2.67. The second-order valence-electron chi connectivity index (χ2n) is 5.80. The van der Waals surface area contributed by atoms with Crippen LogP contribution >= 0.6 is 24.0 Å². The van der Waals surface area contributed by atoms with Crippen LogP contribution in [0.5, 0.6) is 5.75 Å². The molecule has 2 aromatic carbocycles. The first kappa shape index (κ1) is 23.7. The molecule has 0 spiro atoms. The number of halogens is 2. The van der Waals surface area contributed by atoms with Gasteiger partial charge in [0.1, 0.15) is 11.6 Å². The number of nitrogens with one attached hydrogen (secondary N) is 3. The second-order valence-corrected chi connectivity index (χ2v) is 5.80. The molecule has 0 aromatic heterocycles. The Morgan fingerprint density at radius 2 is 1.71 bits per heavy atom. The minimum absolute atomic E-state index is 0. The number of guanidine groups is 1. The van der Waals surface area contributed by atoms with E-state index in [4.69, 9.17) is 0 Å². The van der Waals surface area contributed by atoms with Crippen LogP contribution in [0, 0.1) is 5.82 Å². The van der Waals surface area contributed by atoms with E-state index in [1.54, 1.807) is 36.4 Å². The lowest BCUT2D eigenvalue weighted by atomic mass is 10.1. The predicted octanol–water partition coefficient (Wildman–Crippen LogP) is 2.68. The molecule has 0 saturated heterocycles. The van der Waals surface area contributed by atoms with Gasteiger partial charge in [0.25, 0.3) is 5.91 Å². The van der Waals surface area contributed by atoms with Crippen LogP contribution in [0.25, 0.3) is 0 Å². The Balaban J connectivity index is 0.00000392. The van der Waals surface area contributed by atoms with Gasteiger partial charge >= 0.3 is 0 Å². The Bertz CT molecular complexity index is 786. The molecule has 0 fully saturated rings. The lowest BCUT2D eigenvalue weighted by molar-refractivity contribution is 0.0951. The molecule has 6 nitrogen and oxygen atoms in total. The smallest absolute Gasteiger partial charge is 0.255 e. The van der Waals surface area contributed by atoms with Gasteiger partial charge in [-0.3, -0.25) is 9.79 Å². The monoisotopic (exact) mass is 500 g/mol. The molecule has 0 bridgehead atoms. The van der Waals surface area contributed by atoms with Crippen molar-refractivity contribution in [3.05, 3.63) is 65.5 Å². The summed E-state index contributed by atoms with van der Waals surface area (Å²) in [6.07, 6.45) is 0.507. The highest BCUT2D eigenvalue weighted by Crippen LogP contribution is 2.14. The summed E-state index contributed by atoms with van der Waals surface area (Å²) in [6.45, 7) is 3.92. The van der Waals surface area contributed by atoms with E-state index in [-0.39, 0.29) is 47.0 Å². The minimum Gasteiger partial charge on any atom is -0.507 e. The van der Waals surface area contributed by atoms with E-state index in [0.29, 0.717) is 44.1 Å². The summed E-state index contributed by atoms with van der Waals surface area (Å²) < 4.78 is 13.6. The van der Waals surface area contributed by atoms with Crippen molar-refractivity contribution in [2.45, 2.75) is 13.3 Å². The standard InChI is InChI=1S/C20H25FN4O2.HI/c1-2-22-20(24-12-11-15-7-3-5-9-17(15)21)25-14-13-23-19(27)16-8-4-6-10-18(16)26;/h3-10,26H,2,11-14H2,1H3,(H,23,27)(H2,22,24,25);1H. The van der Waals surface area contributed by atoms with E-state index < -0.39 is 0 Å². The summed E-state index contributed by atoms with van der Waals surface area (Å²) in [6, 6.07) is 13.0. The summed E-state index contributed by atoms with van der Waals surface area (Å²) in [7, 11) is 0. The molecule has 0 saturated carbocycles. The Morgan fingerprint density at radius 3 is 2.43 bits per heavy atom.